The van der Waals surface area contributed by atoms with Crippen molar-refractivity contribution in [3.63, 3.8) is 0 Å². The fourth-order valence-electron chi connectivity index (χ4n) is 3.66. The highest BCUT2D eigenvalue weighted by Crippen LogP contribution is 2.28. The van der Waals surface area contributed by atoms with Crippen molar-refractivity contribution in [2.45, 2.75) is 13.3 Å². The minimum Gasteiger partial charge on any atom is -0.257 e. The van der Waals surface area contributed by atoms with Crippen molar-refractivity contribution < 1.29 is 8.42 Å². The Hall–Kier alpha value is -2.95. The molecule has 28 heavy (non-hydrogen) atoms. The van der Waals surface area contributed by atoms with Gasteiger partial charge in [-0.2, -0.15) is 18.4 Å². The first-order chi connectivity index (χ1) is 13.5. The summed E-state index contributed by atoms with van der Waals surface area (Å²) >= 11 is 0. The van der Waals surface area contributed by atoms with Crippen LogP contribution in [0.25, 0.3) is 10.8 Å². The summed E-state index contributed by atoms with van der Waals surface area (Å²) in [5.41, 5.74) is 3.32. The maximum Gasteiger partial charge on any atom is 0.301 e. The van der Waals surface area contributed by atoms with Crippen molar-refractivity contribution >= 4 is 26.7 Å². The van der Waals surface area contributed by atoms with E-state index in [9.17, 15) is 13.7 Å². The van der Waals surface area contributed by atoms with Crippen LogP contribution >= 0.6 is 0 Å². The van der Waals surface area contributed by atoms with Gasteiger partial charge in [0.1, 0.15) is 11.8 Å². The number of nitrogens with one attached hydrogen (secondary N) is 1. The third kappa shape index (κ3) is 3.57. The molecule has 0 bridgehead atoms. The summed E-state index contributed by atoms with van der Waals surface area (Å²) in [5.74, 6) is 0.160. The Balaban J connectivity index is 1.65. The Bertz CT molecular complexity index is 1180. The van der Waals surface area contributed by atoms with Crippen molar-refractivity contribution in [1.29, 1.82) is 5.26 Å². The Labute approximate surface area is 164 Å². The van der Waals surface area contributed by atoms with Crippen LogP contribution in [0.5, 0.6) is 0 Å². The van der Waals surface area contributed by atoms with Gasteiger partial charge >= 0.3 is 10.2 Å². The van der Waals surface area contributed by atoms with Gasteiger partial charge in [0.05, 0.1) is 5.69 Å². The largest absolute Gasteiger partial charge is 0.301 e. The van der Waals surface area contributed by atoms with Crippen molar-refractivity contribution in [3.05, 3.63) is 71.5 Å². The molecular weight excluding hydrogens is 372 g/mol. The number of nitrogens with zero attached hydrogens (tertiary/aromatic N) is 3. The molecule has 4 rings (SSSR count). The van der Waals surface area contributed by atoms with Gasteiger partial charge in [0.2, 0.25) is 0 Å². The van der Waals surface area contributed by atoms with Gasteiger partial charge in [-0.05, 0) is 54.5 Å². The Morgan fingerprint density at radius 1 is 1.25 bits per heavy atom. The van der Waals surface area contributed by atoms with Crippen molar-refractivity contribution in [2.24, 2.45) is 5.92 Å². The highest BCUT2D eigenvalue weighted by Gasteiger charge is 2.31. The molecule has 1 atom stereocenters. The Morgan fingerprint density at radius 3 is 2.89 bits per heavy atom. The van der Waals surface area contributed by atoms with Crippen LogP contribution in [-0.4, -0.2) is 26.5 Å². The molecule has 0 spiro atoms. The van der Waals surface area contributed by atoms with Crippen LogP contribution in [0.4, 0.5) is 5.69 Å². The zero-order valence-electron chi connectivity index (χ0n) is 15.5. The average molecular weight is 392 g/mol. The van der Waals surface area contributed by atoms with Crippen LogP contribution in [0, 0.1) is 24.2 Å². The highest BCUT2D eigenvalue weighted by molar-refractivity contribution is 7.90. The zero-order valence-corrected chi connectivity index (χ0v) is 16.3. The normalized spacial score (nSPS) is 18.7. The fraction of sp³-hybridized carbons (Fsp3) is 0.238. The van der Waals surface area contributed by atoms with Gasteiger partial charge < -0.3 is 0 Å². The van der Waals surface area contributed by atoms with E-state index in [1.807, 2.05) is 6.07 Å². The third-order valence-electron chi connectivity index (χ3n) is 5.02. The molecule has 1 N–H and O–H groups in total. The number of benzene rings is 2. The Morgan fingerprint density at radius 2 is 2.11 bits per heavy atom. The van der Waals surface area contributed by atoms with E-state index in [2.05, 4.69) is 40.9 Å². The van der Waals surface area contributed by atoms with E-state index >= 15 is 0 Å². The predicted molar refractivity (Wildman–Crippen MR) is 109 cm³/mol. The van der Waals surface area contributed by atoms with E-state index in [1.165, 1.54) is 15.4 Å². The number of hydrogen-bond donors (Lipinski definition) is 1. The predicted octanol–water partition coefficient (Wildman–Crippen LogP) is 2.93. The van der Waals surface area contributed by atoms with Crippen molar-refractivity contribution in [1.82, 2.24) is 9.71 Å². The molecule has 6 nitrogen and oxygen atoms in total. The first-order valence-corrected chi connectivity index (χ1v) is 10.5. The lowest BCUT2D eigenvalue weighted by atomic mass is 9.98. The summed E-state index contributed by atoms with van der Waals surface area (Å²) in [6, 6.07) is 17.4. The summed E-state index contributed by atoms with van der Waals surface area (Å²) in [6.45, 7) is 2.88. The van der Waals surface area contributed by atoms with Crippen molar-refractivity contribution in [3.8, 4) is 6.07 Å². The van der Waals surface area contributed by atoms with E-state index in [-0.39, 0.29) is 5.92 Å². The van der Waals surface area contributed by atoms with Gasteiger partial charge in [-0.25, -0.2) is 4.98 Å². The summed E-state index contributed by atoms with van der Waals surface area (Å²) < 4.78 is 29.4. The minimum atomic E-state index is -3.59. The molecule has 0 saturated carbocycles. The molecule has 0 unspecified atom stereocenters. The van der Waals surface area contributed by atoms with E-state index in [4.69, 9.17) is 0 Å². The summed E-state index contributed by atoms with van der Waals surface area (Å²) in [6.07, 6.45) is 2.37. The van der Waals surface area contributed by atoms with E-state index in [0.29, 0.717) is 29.9 Å². The molecule has 2 heterocycles. The second-order valence-corrected chi connectivity index (χ2v) is 8.80. The SMILES string of the molecule is Cc1cccc(C[C@@H]2CNS(=O)(=O)N(c3ccc4c(C#N)nccc4c3)C2)c1. The van der Waals surface area contributed by atoms with Crippen molar-refractivity contribution in [2.75, 3.05) is 17.4 Å². The molecule has 1 aromatic heterocycles. The molecular formula is C21H20N4O2S. The molecule has 0 aliphatic carbocycles. The molecule has 3 aromatic rings. The molecule has 7 heteroatoms. The number of anilines is 1. The first-order valence-electron chi connectivity index (χ1n) is 9.08. The van der Waals surface area contributed by atoms with Crippen LogP contribution in [-0.2, 0) is 16.6 Å². The van der Waals surface area contributed by atoms with E-state index in [1.54, 1.807) is 30.5 Å². The van der Waals surface area contributed by atoms with Gasteiger partial charge in [-0.15, -0.1) is 0 Å². The van der Waals surface area contributed by atoms with E-state index < -0.39 is 10.2 Å². The lowest BCUT2D eigenvalue weighted by Crippen LogP contribution is -2.52. The second-order valence-electron chi connectivity index (χ2n) is 7.12. The molecule has 1 aliphatic heterocycles. The fourth-order valence-corrected chi connectivity index (χ4v) is 5.06. The summed E-state index contributed by atoms with van der Waals surface area (Å²) in [7, 11) is -3.59. The highest BCUT2D eigenvalue weighted by atomic mass is 32.2. The van der Waals surface area contributed by atoms with Gasteiger partial charge in [-0.3, -0.25) is 4.31 Å². The molecule has 1 saturated heterocycles. The number of nitriles is 1. The monoisotopic (exact) mass is 392 g/mol. The third-order valence-corrected chi connectivity index (χ3v) is 6.49. The second kappa shape index (κ2) is 7.23. The number of aryl methyl sites for hydroxylation is 1. The van der Waals surface area contributed by atoms with Crippen LogP contribution in [0.15, 0.2) is 54.7 Å². The maximum absolute atomic E-state index is 12.6. The quantitative estimate of drug-likeness (QED) is 0.743. The number of pyridine rings is 1. The standard InChI is InChI=1S/C21H20N4O2S/c1-15-3-2-4-16(9-15)10-17-13-24-28(26,27)25(14-17)19-5-6-20-18(11-19)7-8-23-21(20)12-22/h2-9,11,17,24H,10,13-14H2,1H3/t17-/m1/s1. The maximum atomic E-state index is 12.6. The minimum absolute atomic E-state index is 0.160. The van der Waals surface area contributed by atoms with Crippen LogP contribution in [0.3, 0.4) is 0 Å². The number of aromatic nitrogens is 1. The smallest absolute Gasteiger partial charge is 0.257 e. The summed E-state index contributed by atoms with van der Waals surface area (Å²) in [5, 5.41) is 10.7. The summed E-state index contributed by atoms with van der Waals surface area (Å²) in [4.78, 5) is 4.06. The van der Waals surface area contributed by atoms with Gasteiger partial charge in [0, 0.05) is 24.7 Å². The molecule has 1 aliphatic rings. The lowest BCUT2D eigenvalue weighted by molar-refractivity contribution is 0.477. The molecule has 2 aromatic carbocycles. The molecule has 142 valence electrons. The molecule has 1 fully saturated rings. The van der Waals surface area contributed by atoms with E-state index in [0.717, 1.165) is 11.8 Å². The molecule has 0 radical (unpaired) electrons. The first kappa shape index (κ1) is 18.4. The number of hydrogen-bond acceptors (Lipinski definition) is 4. The van der Waals surface area contributed by atoms with Crippen LogP contribution < -0.4 is 9.03 Å². The zero-order chi connectivity index (χ0) is 19.7. The number of rotatable bonds is 3. The molecule has 0 amide bonds. The Kier molecular flexibility index (Phi) is 4.75. The van der Waals surface area contributed by atoms with Crippen LogP contribution in [0.2, 0.25) is 0 Å². The lowest BCUT2D eigenvalue weighted by Gasteiger charge is -2.34. The van der Waals surface area contributed by atoms with Crippen LogP contribution in [0.1, 0.15) is 16.8 Å². The van der Waals surface area contributed by atoms with Gasteiger partial charge in [-0.1, -0.05) is 29.8 Å². The topological polar surface area (TPSA) is 86.1 Å². The number of fused-ring (bicyclic) bond motifs is 1. The van der Waals surface area contributed by atoms with Gasteiger partial charge in [0.25, 0.3) is 0 Å². The average Bonchev–Trinajstić information content (AvgIpc) is 2.68. The van der Waals surface area contributed by atoms with Gasteiger partial charge in [0.15, 0.2) is 0 Å².